The number of nitrogens with one attached hydrogen (secondary N) is 1. The van der Waals surface area contributed by atoms with Crippen LogP contribution in [0.5, 0.6) is 0 Å². The first-order valence-corrected chi connectivity index (χ1v) is 15.5. The lowest BCUT2D eigenvalue weighted by Gasteiger charge is -2.38. The topological polar surface area (TPSA) is 133 Å². The number of hydrogen-bond donors (Lipinski definition) is 3. The number of hydrogen-bond acceptors (Lipinski definition) is 10. The molecule has 224 valence electrons. The molecule has 0 radical (unpaired) electrons. The summed E-state index contributed by atoms with van der Waals surface area (Å²) in [5.41, 5.74) is 2.87. The maximum absolute atomic E-state index is 13.9. The predicted octanol–water partition coefficient (Wildman–Crippen LogP) is 3.59. The van der Waals surface area contributed by atoms with E-state index in [0.717, 1.165) is 29.7 Å². The quantitative estimate of drug-likeness (QED) is 0.283. The highest BCUT2D eigenvalue weighted by molar-refractivity contribution is 7.15. The molecule has 5 heterocycles. The Hall–Kier alpha value is -3.55. The number of amides is 1. The molecule has 2 aromatic heterocycles. The lowest BCUT2D eigenvalue weighted by Crippen LogP contribution is -2.51. The molecule has 0 spiro atoms. The van der Waals surface area contributed by atoms with Gasteiger partial charge in [0.15, 0.2) is 0 Å². The lowest BCUT2D eigenvalue weighted by atomic mass is 9.97. The van der Waals surface area contributed by atoms with E-state index in [9.17, 15) is 19.8 Å². The Morgan fingerprint density at radius 2 is 2.00 bits per heavy atom. The molecular formula is C30H31ClN6O5S. The van der Waals surface area contributed by atoms with Crippen LogP contribution < -0.4 is 10.9 Å². The molecule has 3 atom stereocenters. The highest BCUT2D eigenvalue weighted by Crippen LogP contribution is 2.38. The molecule has 3 aliphatic rings. The standard InChI is InChI=1S/C30H31ClN6O5S/c1-16-33-25-9-22(27-32-11-26(43-27)29(40)35-13-21(38)14-35)24(34-19-6-7-36-20(8-19)15-42-30(36)41)10-23(25)28(39)37(16)12-17-2-4-18(31)5-3-17/h2-5,9-11,19-21,29,34,38,40H,6-8,12-15H2,1H3/t19-,20-,29?/m0/s1. The molecule has 1 unspecified atom stereocenters. The zero-order valence-corrected chi connectivity index (χ0v) is 25.0. The van der Waals surface area contributed by atoms with Gasteiger partial charge in [0, 0.05) is 48.1 Å². The molecule has 3 aliphatic heterocycles. The van der Waals surface area contributed by atoms with Crippen molar-refractivity contribution in [1.82, 2.24) is 24.3 Å². The van der Waals surface area contributed by atoms with Crippen LogP contribution in [-0.4, -0.2) is 85.1 Å². The number of β-amino-alcohol motifs (C(OH)–C–C–N with tert-alkyl or cyclic N) is 1. The molecule has 3 saturated heterocycles. The Balaban J connectivity index is 1.27. The second kappa shape index (κ2) is 11.2. The molecule has 13 heteroatoms. The summed E-state index contributed by atoms with van der Waals surface area (Å²) in [5.74, 6) is 0.587. The van der Waals surface area contributed by atoms with Gasteiger partial charge in [-0.15, -0.1) is 11.3 Å². The maximum atomic E-state index is 13.9. The SMILES string of the molecule is Cc1nc2cc(-c3ncc(C(O)N4CC(O)C4)s3)c(N[C@H]3CCN4C(=O)OC[C@@H]4C3)cc2c(=O)n1Cc1ccc(Cl)cc1. The van der Waals surface area contributed by atoms with E-state index >= 15 is 0 Å². The average Bonchev–Trinajstić information content (AvgIpc) is 3.61. The highest BCUT2D eigenvalue weighted by Gasteiger charge is 2.38. The third kappa shape index (κ3) is 5.38. The molecule has 43 heavy (non-hydrogen) atoms. The third-order valence-electron chi connectivity index (χ3n) is 8.49. The molecule has 3 N–H and O–H groups in total. The lowest BCUT2D eigenvalue weighted by molar-refractivity contribution is -0.0996. The normalized spacial score (nSPS) is 21.5. The van der Waals surface area contributed by atoms with E-state index in [0.29, 0.717) is 64.4 Å². The van der Waals surface area contributed by atoms with Crippen molar-refractivity contribution in [3.8, 4) is 10.6 Å². The number of piperidine rings is 1. The summed E-state index contributed by atoms with van der Waals surface area (Å²) in [7, 11) is 0. The number of nitrogens with zero attached hydrogens (tertiary/aromatic N) is 5. The number of benzene rings is 2. The number of halogens is 1. The van der Waals surface area contributed by atoms with E-state index in [2.05, 4.69) is 10.3 Å². The van der Waals surface area contributed by atoms with Gasteiger partial charge in [0.2, 0.25) is 0 Å². The summed E-state index contributed by atoms with van der Waals surface area (Å²) in [5, 5.41) is 26.0. The molecule has 0 aliphatic carbocycles. The third-order valence-corrected chi connectivity index (χ3v) is 9.81. The number of aryl methyl sites for hydroxylation is 1. The number of carbonyl (C=O) groups excluding carboxylic acids is 1. The van der Waals surface area contributed by atoms with Crippen molar-refractivity contribution in [1.29, 1.82) is 0 Å². The van der Waals surface area contributed by atoms with Gasteiger partial charge in [0.1, 0.15) is 23.7 Å². The van der Waals surface area contributed by atoms with E-state index in [1.165, 1.54) is 11.3 Å². The van der Waals surface area contributed by atoms with Crippen LogP contribution in [0.1, 0.15) is 35.3 Å². The van der Waals surface area contributed by atoms with Crippen LogP contribution in [0.15, 0.2) is 47.4 Å². The molecule has 7 rings (SSSR count). The number of carbonyl (C=O) groups is 1. The Morgan fingerprint density at radius 1 is 1.21 bits per heavy atom. The first-order valence-electron chi connectivity index (χ1n) is 14.3. The fourth-order valence-electron chi connectivity index (χ4n) is 6.08. The van der Waals surface area contributed by atoms with E-state index in [1.54, 1.807) is 32.7 Å². The zero-order valence-electron chi connectivity index (χ0n) is 23.4. The van der Waals surface area contributed by atoms with Gasteiger partial charge in [0.05, 0.1) is 34.5 Å². The van der Waals surface area contributed by atoms with Crippen LogP contribution in [0.2, 0.25) is 5.02 Å². The number of aliphatic hydroxyl groups excluding tert-OH is 2. The van der Waals surface area contributed by atoms with Crippen molar-refractivity contribution >= 4 is 45.6 Å². The van der Waals surface area contributed by atoms with Gasteiger partial charge >= 0.3 is 6.09 Å². The minimum absolute atomic E-state index is 0.0112. The predicted molar refractivity (Wildman–Crippen MR) is 163 cm³/mol. The van der Waals surface area contributed by atoms with Gasteiger partial charge < -0.3 is 25.2 Å². The second-order valence-electron chi connectivity index (χ2n) is 11.4. The van der Waals surface area contributed by atoms with Crippen molar-refractivity contribution in [3.63, 3.8) is 0 Å². The monoisotopic (exact) mass is 622 g/mol. The Labute approximate surface area is 256 Å². The number of ether oxygens (including phenoxy) is 1. The van der Waals surface area contributed by atoms with E-state index in [4.69, 9.17) is 21.3 Å². The molecule has 2 aromatic carbocycles. The fourth-order valence-corrected chi connectivity index (χ4v) is 7.18. The minimum Gasteiger partial charge on any atom is -0.447 e. The molecule has 4 aromatic rings. The van der Waals surface area contributed by atoms with Crippen LogP contribution >= 0.6 is 22.9 Å². The molecule has 0 saturated carbocycles. The Bertz CT molecular complexity index is 1750. The summed E-state index contributed by atoms with van der Waals surface area (Å²) < 4.78 is 6.92. The summed E-state index contributed by atoms with van der Waals surface area (Å²) in [6, 6.07) is 11.2. The molecule has 1 amide bonds. The summed E-state index contributed by atoms with van der Waals surface area (Å²) >= 11 is 7.43. The van der Waals surface area contributed by atoms with E-state index < -0.39 is 12.3 Å². The van der Waals surface area contributed by atoms with Crippen LogP contribution in [-0.2, 0) is 11.3 Å². The summed E-state index contributed by atoms with van der Waals surface area (Å²) in [6.45, 7) is 3.97. The number of aromatic nitrogens is 3. The maximum Gasteiger partial charge on any atom is 0.410 e. The van der Waals surface area contributed by atoms with Crippen molar-refractivity contribution in [3.05, 3.63) is 74.2 Å². The van der Waals surface area contributed by atoms with Gasteiger partial charge in [-0.05, 0) is 49.6 Å². The Morgan fingerprint density at radius 3 is 2.77 bits per heavy atom. The molecular weight excluding hydrogens is 592 g/mol. The largest absolute Gasteiger partial charge is 0.447 e. The van der Waals surface area contributed by atoms with Crippen molar-refractivity contribution < 1.29 is 19.7 Å². The number of likely N-dealkylation sites (tertiary alicyclic amines) is 1. The highest BCUT2D eigenvalue weighted by atomic mass is 35.5. The minimum atomic E-state index is -0.851. The summed E-state index contributed by atoms with van der Waals surface area (Å²) in [6.07, 6.45) is 1.57. The van der Waals surface area contributed by atoms with Crippen LogP contribution in [0.25, 0.3) is 21.5 Å². The van der Waals surface area contributed by atoms with Crippen molar-refractivity contribution in [2.45, 2.75) is 50.7 Å². The van der Waals surface area contributed by atoms with Crippen molar-refractivity contribution in [2.24, 2.45) is 0 Å². The Kier molecular flexibility index (Phi) is 7.34. The first-order chi connectivity index (χ1) is 20.7. The zero-order chi connectivity index (χ0) is 29.8. The van der Waals surface area contributed by atoms with Gasteiger partial charge in [-0.25, -0.2) is 14.8 Å². The molecule has 11 nitrogen and oxygen atoms in total. The van der Waals surface area contributed by atoms with Gasteiger partial charge in [-0.1, -0.05) is 23.7 Å². The number of cyclic esters (lactones) is 1. The van der Waals surface area contributed by atoms with Crippen LogP contribution in [0.4, 0.5) is 10.5 Å². The van der Waals surface area contributed by atoms with Gasteiger partial charge in [-0.2, -0.15) is 0 Å². The van der Waals surface area contributed by atoms with Gasteiger partial charge in [-0.3, -0.25) is 14.3 Å². The number of aliphatic hydroxyl groups is 2. The van der Waals surface area contributed by atoms with E-state index in [-0.39, 0.29) is 23.7 Å². The fraction of sp³-hybridized carbons (Fsp3) is 0.400. The van der Waals surface area contributed by atoms with E-state index in [1.807, 2.05) is 31.2 Å². The number of anilines is 1. The van der Waals surface area contributed by atoms with Crippen LogP contribution in [0.3, 0.4) is 0 Å². The average molecular weight is 623 g/mol. The number of fused-ring (bicyclic) bond motifs is 2. The smallest absolute Gasteiger partial charge is 0.410 e. The van der Waals surface area contributed by atoms with Crippen molar-refractivity contribution in [2.75, 3.05) is 31.6 Å². The number of rotatable bonds is 7. The summed E-state index contributed by atoms with van der Waals surface area (Å²) in [4.78, 5) is 39.6. The first kappa shape index (κ1) is 28.2. The molecule has 3 fully saturated rings. The molecule has 0 bridgehead atoms. The van der Waals surface area contributed by atoms with Crippen LogP contribution in [0, 0.1) is 6.92 Å². The van der Waals surface area contributed by atoms with Gasteiger partial charge in [0.25, 0.3) is 5.56 Å². The second-order valence-corrected chi connectivity index (χ2v) is 12.9. The number of thiazole rings is 1.